The predicted molar refractivity (Wildman–Crippen MR) is 67.0 cm³/mol. The van der Waals surface area contributed by atoms with Crippen molar-refractivity contribution in [2.24, 2.45) is 5.92 Å². The maximum Gasteiger partial charge on any atom is 0.0816 e. The second kappa shape index (κ2) is 5.68. The summed E-state index contributed by atoms with van der Waals surface area (Å²) in [5, 5.41) is 9.08. The van der Waals surface area contributed by atoms with Crippen molar-refractivity contribution in [1.82, 2.24) is 0 Å². The van der Waals surface area contributed by atoms with Crippen LogP contribution < -0.4 is 0 Å². The zero-order valence-corrected chi connectivity index (χ0v) is 11.2. The van der Waals surface area contributed by atoms with Gasteiger partial charge < -0.3 is 14.6 Å². The van der Waals surface area contributed by atoms with Crippen molar-refractivity contribution in [3.05, 3.63) is 0 Å². The smallest absolute Gasteiger partial charge is 0.0816 e. The molecular formula is C14H26O3. The highest BCUT2D eigenvalue weighted by atomic mass is 16.6. The van der Waals surface area contributed by atoms with Crippen LogP contribution >= 0.6 is 0 Å². The number of ether oxygens (including phenoxy) is 2. The van der Waals surface area contributed by atoms with E-state index < -0.39 is 0 Å². The molecule has 0 radical (unpaired) electrons. The SMILES string of the molecule is CC1(C)CCC(COC2CCC(CO)CC2)O1. The third-order valence-corrected chi connectivity index (χ3v) is 4.12. The third kappa shape index (κ3) is 3.94. The first-order valence-corrected chi connectivity index (χ1v) is 6.99. The van der Waals surface area contributed by atoms with E-state index in [-0.39, 0.29) is 5.60 Å². The molecule has 1 aliphatic heterocycles. The van der Waals surface area contributed by atoms with Crippen molar-refractivity contribution in [1.29, 1.82) is 0 Å². The molecule has 100 valence electrons. The number of rotatable bonds is 4. The molecule has 0 aromatic rings. The summed E-state index contributed by atoms with van der Waals surface area (Å²) in [5.74, 6) is 0.511. The molecule has 17 heavy (non-hydrogen) atoms. The molecular weight excluding hydrogens is 216 g/mol. The number of aliphatic hydroxyl groups is 1. The number of hydrogen-bond donors (Lipinski definition) is 1. The highest BCUT2D eigenvalue weighted by Gasteiger charge is 2.32. The first kappa shape index (κ1) is 13.3. The Labute approximate surface area is 104 Å². The van der Waals surface area contributed by atoms with Gasteiger partial charge in [0, 0.05) is 6.61 Å². The molecule has 2 aliphatic rings. The number of aliphatic hydroxyl groups excluding tert-OH is 1. The van der Waals surface area contributed by atoms with Crippen LogP contribution in [0.5, 0.6) is 0 Å². The Morgan fingerprint density at radius 1 is 1.18 bits per heavy atom. The van der Waals surface area contributed by atoms with Crippen molar-refractivity contribution in [3.63, 3.8) is 0 Å². The van der Waals surface area contributed by atoms with E-state index in [4.69, 9.17) is 14.6 Å². The Balaban J connectivity index is 1.63. The minimum Gasteiger partial charge on any atom is -0.396 e. The maximum absolute atomic E-state index is 9.08. The maximum atomic E-state index is 9.08. The van der Waals surface area contributed by atoms with E-state index in [0.29, 0.717) is 24.7 Å². The summed E-state index contributed by atoms with van der Waals surface area (Å²) in [7, 11) is 0. The molecule has 1 saturated heterocycles. The fraction of sp³-hybridized carbons (Fsp3) is 1.00. The molecule has 3 heteroatoms. The Kier molecular flexibility index (Phi) is 4.45. The van der Waals surface area contributed by atoms with E-state index in [2.05, 4.69) is 13.8 Å². The molecule has 1 N–H and O–H groups in total. The topological polar surface area (TPSA) is 38.7 Å². The summed E-state index contributed by atoms with van der Waals surface area (Å²) in [6, 6.07) is 0. The van der Waals surface area contributed by atoms with Crippen LogP contribution in [0.3, 0.4) is 0 Å². The Morgan fingerprint density at radius 3 is 2.41 bits per heavy atom. The highest BCUT2D eigenvalue weighted by molar-refractivity contribution is 4.81. The van der Waals surface area contributed by atoms with Gasteiger partial charge >= 0.3 is 0 Å². The second-order valence-electron chi connectivity index (χ2n) is 6.20. The first-order chi connectivity index (χ1) is 8.09. The Morgan fingerprint density at radius 2 is 1.88 bits per heavy atom. The van der Waals surface area contributed by atoms with E-state index in [1.165, 1.54) is 0 Å². The van der Waals surface area contributed by atoms with Gasteiger partial charge in [-0.3, -0.25) is 0 Å². The standard InChI is InChI=1S/C14H26O3/c1-14(2)8-7-13(17-14)10-16-12-5-3-11(9-15)4-6-12/h11-13,15H,3-10H2,1-2H3. The fourth-order valence-electron chi connectivity index (χ4n) is 2.92. The summed E-state index contributed by atoms with van der Waals surface area (Å²) in [4.78, 5) is 0. The molecule has 0 bridgehead atoms. The molecule has 0 spiro atoms. The molecule has 1 aliphatic carbocycles. The monoisotopic (exact) mass is 242 g/mol. The van der Waals surface area contributed by atoms with E-state index in [1.54, 1.807) is 0 Å². The van der Waals surface area contributed by atoms with Gasteiger partial charge in [0.1, 0.15) is 0 Å². The molecule has 2 fully saturated rings. The van der Waals surface area contributed by atoms with Crippen LogP contribution in [-0.4, -0.2) is 36.1 Å². The van der Waals surface area contributed by atoms with Crippen molar-refractivity contribution in [3.8, 4) is 0 Å². The van der Waals surface area contributed by atoms with Crippen LogP contribution in [0.25, 0.3) is 0 Å². The normalized spacial score (nSPS) is 37.2. The summed E-state index contributed by atoms with van der Waals surface area (Å²) in [6.07, 6.45) is 7.36. The lowest BCUT2D eigenvalue weighted by Gasteiger charge is -2.28. The van der Waals surface area contributed by atoms with Crippen LogP contribution in [0, 0.1) is 5.92 Å². The molecule has 1 atom stereocenters. The van der Waals surface area contributed by atoms with Gasteiger partial charge in [-0.25, -0.2) is 0 Å². The predicted octanol–water partition coefficient (Wildman–Crippen LogP) is 2.51. The van der Waals surface area contributed by atoms with Gasteiger partial charge in [0.15, 0.2) is 0 Å². The molecule has 0 aromatic heterocycles. The lowest BCUT2D eigenvalue weighted by atomic mass is 9.88. The van der Waals surface area contributed by atoms with Gasteiger partial charge in [0.25, 0.3) is 0 Å². The van der Waals surface area contributed by atoms with Gasteiger partial charge in [-0.05, 0) is 58.3 Å². The van der Waals surface area contributed by atoms with E-state index in [1.807, 2.05) is 0 Å². The minimum absolute atomic E-state index is 0.0442. The average molecular weight is 242 g/mol. The van der Waals surface area contributed by atoms with Crippen LogP contribution in [0.1, 0.15) is 52.4 Å². The van der Waals surface area contributed by atoms with Gasteiger partial charge in [0.05, 0.1) is 24.4 Å². The molecule has 1 heterocycles. The third-order valence-electron chi connectivity index (χ3n) is 4.12. The van der Waals surface area contributed by atoms with E-state index >= 15 is 0 Å². The quantitative estimate of drug-likeness (QED) is 0.823. The summed E-state index contributed by atoms with van der Waals surface area (Å²) < 4.78 is 11.9. The highest BCUT2D eigenvalue weighted by Crippen LogP contribution is 2.31. The lowest BCUT2D eigenvalue weighted by molar-refractivity contribution is -0.0788. The molecule has 1 unspecified atom stereocenters. The van der Waals surface area contributed by atoms with Crippen LogP contribution in [-0.2, 0) is 9.47 Å². The van der Waals surface area contributed by atoms with E-state index in [9.17, 15) is 0 Å². The molecule has 0 aromatic carbocycles. The van der Waals surface area contributed by atoms with Gasteiger partial charge in [0.2, 0.25) is 0 Å². The number of hydrogen-bond acceptors (Lipinski definition) is 3. The summed E-state index contributed by atoms with van der Waals surface area (Å²) in [5.41, 5.74) is 0.0442. The van der Waals surface area contributed by atoms with Gasteiger partial charge in [-0.15, -0.1) is 0 Å². The zero-order valence-electron chi connectivity index (χ0n) is 11.2. The van der Waals surface area contributed by atoms with Crippen molar-refractivity contribution < 1.29 is 14.6 Å². The van der Waals surface area contributed by atoms with Crippen LogP contribution in [0.4, 0.5) is 0 Å². The largest absolute Gasteiger partial charge is 0.396 e. The Hall–Kier alpha value is -0.120. The van der Waals surface area contributed by atoms with Crippen molar-refractivity contribution in [2.75, 3.05) is 13.2 Å². The fourth-order valence-corrected chi connectivity index (χ4v) is 2.92. The first-order valence-electron chi connectivity index (χ1n) is 6.99. The molecule has 3 nitrogen and oxygen atoms in total. The van der Waals surface area contributed by atoms with Gasteiger partial charge in [-0.1, -0.05) is 0 Å². The lowest BCUT2D eigenvalue weighted by Crippen LogP contribution is -2.28. The average Bonchev–Trinajstić information content (AvgIpc) is 2.67. The van der Waals surface area contributed by atoms with Crippen LogP contribution in [0.15, 0.2) is 0 Å². The van der Waals surface area contributed by atoms with Crippen molar-refractivity contribution >= 4 is 0 Å². The van der Waals surface area contributed by atoms with Crippen LogP contribution in [0.2, 0.25) is 0 Å². The molecule has 1 saturated carbocycles. The molecule has 2 rings (SSSR count). The summed E-state index contributed by atoms with van der Waals surface area (Å²) >= 11 is 0. The van der Waals surface area contributed by atoms with Gasteiger partial charge in [-0.2, -0.15) is 0 Å². The zero-order chi connectivity index (χ0) is 12.3. The second-order valence-corrected chi connectivity index (χ2v) is 6.20. The molecule has 0 amide bonds. The minimum atomic E-state index is 0.0442. The van der Waals surface area contributed by atoms with Crippen molar-refractivity contribution in [2.45, 2.75) is 70.2 Å². The summed E-state index contributed by atoms with van der Waals surface area (Å²) in [6.45, 7) is 5.39. The van der Waals surface area contributed by atoms with E-state index in [0.717, 1.165) is 45.1 Å². The Bertz CT molecular complexity index is 232.